The lowest BCUT2D eigenvalue weighted by atomic mass is 10.2. The zero-order valence-corrected chi connectivity index (χ0v) is 18.4. The number of thiazole rings is 2. The van der Waals surface area contributed by atoms with Crippen LogP contribution in [0.3, 0.4) is 0 Å². The maximum Gasteiger partial charge on any atom is 0.263 e. The third-order valence-electron chi connectivity index (χ3n) is 3.79. The Morgan fingerprint density at radius 1 is 0.931 bits per heavy atom. The van der Waals surface area contributed by atoms with Crippen LogP contribution in [-0.4, -0.2) is 18.4 Å². The van der Waals surface area contributed by atoms with Gasteiger partial charge in [0.25, 0.3) is 10.0 Å². The van der Waals surface area contributed by atoms with Crippen LogP contribution in [0.1, 0.15) is 0 Å². The number of nitrogens with one attached hydrogen (secondary N) is 2. The monoisotopic (exact) mass is 482 g/mol. The summed E-state index contributed by atoms with van der Waals surface area (Å²) in [6.45, 7) is 0. The number of hydrogen-bond acceptors (Lipinski definition) is 7. The van der Waals surface area contributed by atoms with Gasteiger partial charge in [0, 0.05) is 28.2 Å². The van der Waals surface area contributed by atoms with Gasteiger partial charge in [0.2, 0.25) is 0 Å². The SMILES string of the molecule is O=S(=O)(Nc1nccs1)c1ccc(Nc2nc(-c3ccc(Cl)c(Cl)c3)cs2)cc1. The molecule has 148 valence electrons. The summed E-state index contributed by atoms with van der Waals surface area (Å²) >= 11 is 14.7. The second-order valence-corrected chi connectivity index (χ2v) is 10.0. The fourth-order valence-electron chi connectivity index (χ4n) is 2.41. The number of nitrogens with zero attached hydrogens (tertiary/aromatic N) is 2. The molecule has 0 aliphatic heterocycles. The van der Waals surface area contributed by atoms with Crippen molar-refractivity contribution in [3.8, 4) is 11.3 Å². The Hall–Kier alpha value is -2.17. The highest BCUT2D eigenvalue weighted by Crippen LogP contribution is 2.31. The van der Waals surface area contributed by atoms with Gasteiger partial charge in [-0.3, -0.25) is 4.72 Å². The Balaban J connectivity index is 1.48. The van der Waals surface area contributed by atoms with Crippen molar-refractivity contribution in [2.45, 2.75) is 4.90 Å². The van der Waals surface area contributed by atoms with Gasteiger partial charge in [-0.05, 0) is 36.4 Å². The van der Waals surface area contributed by atoms with Crippen molar-refractivity contribution in [3.05, 3.63) is 69.5 Å². The molecule has 2 heterocycles. The summed E-state index contributed by atoms with van der Waals surface area (Å²) in [5.41, 5.74) is 2.34. The van der Waals surface area contributed by atoms with E-state index < -0.39 is 10.0 Å². The summed E-state index contributed by atoms with van der Waals surface area (Å²) in [6, 6.07) is 11.7. The van der Waals surface area contributed by atoms with Gasteiger partial charge >= 0.3 is 0 Å². The summed E-state index contributed by atoms with van der Waals surface area (Å²) in [6.07, 6.45) is 1.54. The van der Waals surface area contributed by atoms with Gasteiger partial charge in [-0.25, -0.2) is 18.4 Å². The zero-order valence-electron chi connectivity index (χ0n) is 14.5. The highest BCUT2D eigenvalue weighted by Gasteiger charge is 2.15. The average Bonchev–Trinajstić information content (AvgIpc) is 3.36. The summed E-state index contributed by atoms with van der Waals surface area (Å²) in [5.74, 6) is 0. The molecule has 0 aliphatic rings. The fourth-order valence-corrected chi connectivity index (χ4v) is 5.23. The van der Waals surface area contributed by atoms with Gasteiger partial charge in [-0.15, -0.1) is 22.7 Å². The van der Waals surface area contributed by atoms with Crippen molar-refractivity contribution >= 4 is 71.8 Å². The molecule has 0 atom stereocenters. The minimum absolute atomic E-state index is 0.147. The van der Waals surface area contributed by atoms with E-state index in [2.05, 4.69) is 20.0 Å². The highest BCUT2D eigenvalue weighted by atomic mass is 35.5. The molecule has 0 radical (unpaired) electrons. The van der Waals surface area contributed by atoms with Crippen LogP contribution in [0.4, 0.5) is 16.0 Å². The molecule has 0 spiro atoms. The second kappa shape index (κ2) is 8.29. The molecular weight excluding hydrogens is 471 g/mol. The third-order valence-corrected chi connectivity index (χ3v) is 7.46. The topological polar surface area (TPSA) is 84.0 Å². The van der Waals surface area contributed by atoms with Gasteiger partial charge in [-0.1, -0.05) is 29.3 Å². The normalized spacial score (nSPS) is 11.4. The van der Waals surface area contributed by atoms with Gasteiger partial charge in [-0.2, -0.15) is 0 Å². The predicted octanol–water partition coefficient (Wildman–Crippen LogP) is 6.12. The molecule has 4 rings (SSSR count). The van der Waals surface area contributed by atoms with E-state index in [0.717, 1.165) is 11.3 Å². The molecule has 2 N–H and O–H groups in total. The Labute approximate surface area is 185 Å². The molecule has 0 aliphatic carbocycles. The smallest absolute Gasteiger partial charge is 0.263 e. The molecule has 0 bridgehead atoms. The first-order valence-electron chi connectivity index (χ1n) is 8.11. The first-order chi connectivity index (χ1) is 13.9. The number of halogens is 2. The number of rotatable bonds is 6. The van der Waals surface area contributed by atoms with Crippen molar-refractivity contribution in [2.75, 3.05) is 10.0 Å². The van der Waals surface area contributed by atoms with Crippen molar-refractivity contribution in [1.82, 2.24) is 9.97 Å². The van der Waals surface area contributed by atoms with E-state index in [4.69, 9.17) is 23.2 Å². The molecular formula is C18H12Cl2N4O2S3. The van der Waals surface area contributed by atoms with E-state index in [1.807, 2.05) is 11.4 Å². The fraction of sp³-hybridized carbons (Fsp3) is 0. The average molecular weight is 483 g/mol. The van der Waals surface area contributed by atoms with Crippen LogP contribution >= 0.6 is 45.9 Å². The van der Waals surface area contributed by atoms with Crippen molar-refractivity contribution in [3.63, 3.8) is 0 Å². The quantitative estimate of drug-likeness (QED) is 0.345. The van der Waals surface area contributed by atoms with Crippen LogP contribution in [0.5, 0.6) is 0 Å². The van der Waals surface area contributed by atoms with Crippen LogP contribution in [0.25, 0.3) is 11.3 Å². The van der Waals surface area contributed by atoms with E-state index in [1.54, 1.807) is 29.6 Å². The highest BCUT2D eigenvalue weighted by molar-refractivity contribution is 7.93. The Kier molecular flexibility index (Phi) is 5.75. The molecule has 0 saturated carbocycles. The van der Waals surface area contributed by atoms with E-state index in [1.165, 1.54) is 41.0 Å². The standard InChI is InChI=1S/C18H12Cl2N4O2S3/c19-14-6-1-11(9-15(14)20)16-10-28-18(23-16)22-12-2-4-13(5-3-12)29(25,26)24-17-21-7-8-27-17/h1-10H,(H,21,24)(H,22,23). The Morgan fingerprint density at radius 3 is 2.41 bits per heavy atom. The maximum atomic E-state index is 12.4. The number of hydrogen-bond donors (Lipinski definition) is 2. The van der Waals surface area contributed by atoms with Crippen molar-refractivity contribution in [1.29, 1.82) is 0 Å². The van der Waals surface area contributed by atoms with Crippen LogP contribution in [-0.2, 0) is 10.0 Å². The van der Waals surface area contributed by atoms with Crippen LogP contribution in [0.2, 0.25) is 10.0 Å². The number of aromatic nitrogens is 2. The van der Waals surface area contributed by atoms with E-state index in [9.17, 15) is 8.42 Å². The second-order valence-electron chi connectivity index (χ2n) is 5.76. The van der Waals surface area contributed by atoms with E-state index in [0.29, 0.717) is 26.0 Å². The minimum atomic E-state index is -3.68. The minimum Gasteiger partial charge on any atom is -0.332 e. The van der Waals surface area contributed by atoms with Gasteiger partial charge in [0.05, 0.1) is 20.6 Å². The lowest BCUT2D eigenvalue weighted by molar-refractivity contribution is 0.601. The third kappa shape index (κ3) is 4.71. The van der Waals surface area contributed by atoms with Crippen LogP contribution in [0.15, 0.2) is 64.3 Å². The summed E-state index contributed by atoms with van der Waals surface area (Å²) < 4.78 is 27.2. The van der Waals surface area contributed by atoms with Crippen molar-refractivity contribution < 1.29 is 8.42 Å². The molecule has 0 unspecified atom stereocenters. The molecule has 0 fully saturated rings. The number of sulfonamides is 1. The number of anilines is 3. The zero-order chi connectivity index (χ0) is 20.4. The lowest BCUT2D eigenvalue weighted by Crippen LogP contribution is -2.12. The molecule has 0 amide bonds. The summed E-state index contributed by atoms with van der Waals surface area (Å²) in [4.78, 5) is 8.61. The molecule has 6 nitrogen and oxygen atoms in total. The Bertz CT molecular complexity index is 1240. The number of benzene rings is 2. The maximum absolute atomic E-state index is 12.4. The van der Waals surface area contributed by atoms with E-state index in [-0.39, 0.29) is 4.90 Å². The van der Waals surface area contributed by atoms with Crippen LogP contribution in [0, 0.1) is 0 Å². The van der Waals surface area contributed by atoms with Gasteiger partial charge in [0.1, 0.15) is 0 Å². The van der Waals surface area contributed by atoms with Gasteiger partial charge < -0.3 is 5.32 Å². The lowest BCUT2D eigenvalue weighted by Gasteiger charge is -2.07. The van der Waals surface area contributed by atoms with Crippen molar-refractivity contribution in [2.24, 2.45) is 0 Å². The molecule has 4 aromatic rings. The Morgan fingerprint density at radius 2 is 1.72 bits per heavy atom. The first kappa shape index (κ1) is 20.1. The summed E-state index contributed by atoms with van der Waals surface area (Å²) in [7, 11) is -3.68. The summed E-state index contributed by atoms with van der Waals surface area (Å²) in [5, 5.41) is 8.72. The van der Waals surface area contributed by atoms with Crippen LogP contribution < -0.4 is 10.0 Å². The first-order valence-corrected chi connectivity index (χ1v) is 12.1. The molecule has 0 saturated heterocycles. The van der Waals surface area contributed by atoms with E-state index >= 15 is 0 Å². The largest absolute Gasteiger partial charge is 0.332 e. The molecule has 2 aromatic heterocycles. The molecule has 11 heteroatoms. The molecule has 29 heavy (non-hydrogen) atoms. The molecule has 2 aromatic carbocycles. The predicted molar refractivity (Wildman–Crippen MR) is 120 cm³/mol. The van der Waals surface area contributed by atoms with Gasteiger partial charge in [0.15, 0.2) is 10.3 Å².